The highest BCUT2D eigenvalue weighted by atomic mass is 35.5. The summed E-state index contributed by atoms with van der Waals surface area (Å²) in [6.45, 7) is 0.408. The van der Waals surface area contributed by atoms with Crippen LogP contribution in [0.4, 0.5) is 13.9 Å². The Hall–Kier alpha value is -2.96. The van der Waals surface area contributed by atoms with Crippen LogP contribution in [-0.2, 0) is 0 Å². The van der Waals surface area contributed by atoms with E-state index in [9.17, 15) is 18.7 Å². The van der Waals surface area contributed by atoms with Crippen LogP contribution in [0.1, 0.15) is 48.7 Å². The average Bonchev–Trinajstić information content (AvgIpc) is 3.22. The first-order valence-corrected chi connectivity index (χ1v) is 11.9. The Kier molecular flexibility index (Phi) is 7.43. The highest BCUT2D eigenvalue weighted by Gasteiger charge is 2.30. The number of hydrogen-bond acceptors (Lipinski definition) is 9. The molecule has 0 radical (unpaired) electrons. The number of alkyl halides is 2. The second-order valence-corrected chi connectivity index (χ2v) is 9.72. The van der Waals surface area contributed by atoms with Gasteiger partial charge in [0.2, 0.25) is 5.13 Å². The van der Waals surface area contributed by atoms with Crippen molar-refractivity contribution in [1.82, 2.24) is 20.2 Å². The van der Waals surface area contributed by atoms with Crippen LogP contribution in [0.3, 0.4) is 0 Å². The number of aliphatic hydroxyl groups is 1. The molecule has 3 aromatic rings. The third-order valence-corrected chi connectivity index (χ3v) is 6.47. The zero-order valence-corrected chi connectivity index (χ0v) is 20.4. The van der Waals surface area contributed by atoms with Crippen LogP contribution in [0, 0.1) is 6.92 Å². The summed E-state index contributed by atoms with van der Waals surface area (Å²) >= 11 is 7.04. The molecular formula is C22H22ClF2N5O4S. The van der Waals surface area contributed by atoms with E-state index in [1.54, 1.807) is 19.9 Å². The van der Waals surface area contributed by atoms with Crippen molar-refractivity contribution in [2.75, 3.05) is 5.32 Å². The van der Waals surface area contributed by atoms with Crippen molar-refractivity contribution in [2.24, 2.45) is 0 Å². The summed E-state index contributed by atoms with van der Waals surface area (Å²) in [5, 5.41) is 21.2. The van der Waals surface area contributed by atoms with Crippen LogP contribution in [0.25, 0.3) is 11.1 Å². The molecule has 0 aromatic carbocycles. The first-order valence-electron chi connectivity index (χ1n) is 10.7. The van der Waals surface area contributed by atoms with Crippen LogP contribution in [0.2, 0.25) is 5.15 Å². The normalized spacial score (nSPS) is 20.0. The lowest BCUT2D eigenvalue weighted by molar-refractivity contribution is -0.0496. The van der Waals surface area contributed by atoms with Crippen molar-refractivity contribution in [3.63, 3.8) is 0 Å². The average molecular weight is 526 g/mol. The minimum atomic E-state index is -3.09. The molecular weight excluding hydrogens is 504 g/mol. The topological polar surface area (TPSA) is 119 Å². The van der Waals surface area contributed by atoms with E-state index >= 15 is 0 Å². The van der Waals surface area contributed by atoms with Gasteiger partial charge in [-0.15, -0.1) is 5.10 Å². The number of ether oxygens (including phenoxy) is 2. The van der Waals surface area contributed by atoms with Crippen molar-refractivity contribution < 1.29 is 28.2 Å². The fourth-order valence-corrected chi connectivity index (χ4v) is 4.54. The van der Waals surface area contributed by atoms with Crippen LogP contribution in [-0.4, -0.2) is 49.5 Å². The number of amides is 1. The van der Waals surface area contributed by atoms with Gasteiger partial charge < -0.3 is 14.6 Å². The number of nitrogens with zero attached hydrogens (tertiary/aromatic N) is 4. The fraction of sp³-hybridized carbons (Fsp3) is 0.409. The van der Waals surface area contributed by atoms with Crippen LogP contribution in [0.5, 0.6) is 10.9 Å². The molecule has 9 nitrogen and oxygen atoms in total. The summed E-state index contributed by atoms with van der Waals surface area (Å²) in [6.07, 6.45) is 4.92. The number of halogens is 3. The molecule has 1 fully saturated rings. The Bertz CT molecular complexity index is 1220. The third kappa shape index (κ3) is 6.38. The van der Waals surface area contributed by atoms with E-state index in [1.807, 2.05) is 0 Å². The minimum absolute atomic E-state index is 0.0394. The number of nitrogens with one attached hydrogen (secondary N) is 1. The highest BCUT2D eigenvalue weighted by Crippen LogP contribution is 2.36. The number of hydrogen-bond donors (Lipinski definition) is 2. The number of aromatic nitrogens is 4. The molecule has 13 heteroatoms. The Balaban J connectivity index is 1.54. The summed E-state index contributed by atoms with van der Waals surface area (Å²) in [5.74, 6) is -0.818. The third-order valence-electron chi connectivity index (χ3n) is 5.53. The summed E-state index contributed by atoms with van der Waals surface area (Å²) in [4.78, 5) is 21.0. The van der Waals surface area contributed by atoms with Gasteiger partial charge in [-0.25, -0.2) is 4.98 Å². The molecule has 1 aliphatic rings. The lowest BCUT2D eigenvalue weighted by atomic mass is 9.85. The predicted molar refractivity (Wildman–Crippen MR) is 125 cm³/mol. The molecule has 1 amide bonds. The van der Waals surface area contributed by atoms with E-state index in [2.05, 4.69) is 30.2 Å². The van der Waals surface area contributed by atoms with E-state index in [4.69, 9.17) is 16.3 Å². The van der Waals surface area contributed by atoms with Gasteiger partial charge in [-0.3, -0.25) is 15.1 Å². The summed E-state index contributed by atoms with van der Waals surface area (Å²) in [6, 6.07) is 2.90. The molecule has 186 valence electrons. The van der Waals surface area contributed by atoms with E-state index in [-0.39, 0.29) is 38.8 Å². The van der Waals surface area contributed by atoms with E-state index in [0.29, 0.717) is 36.6 Å². The smallest absolute Gasteiger partial charge is 0.387 e. The predicted octanol–water partition coefficient (Wildman–Crippen LogP) is 4.88. The van der Waals surface area contributed by atoms with Gasteiger partial charge in [0.1, 0.15) is 11.3 Å². The first kappa shape index (κ1) is 25.1. The van der Waals surface area contributed by atoms with Crippen LogP contribution in [0.15, 0.2) is 24.5 Å². The van der Waals surface area contributed by atoms with Gasteiger partial charge >= 0.3 is 6.61 Å². The Morgan fingerprint density at radius 1 is 1.23 bits per heavy atom. The number of rotatable bonds is 7. The standard InChI is InChI=1S/C22H22ClF2N5O4S/c1-11-7-13(14-8-17(23)27-10-16(14)34-19(24)25)15(9-26-11)18(31)28-20-29-30-21(35-20)33-12-3-5-22(2,32)6-4-12/h7-10,12,19,32H,3-6H2,1-2H3,(H,28,29,31)/t12-,22+. The SMILES string of the molecule is Cc1cc(-c2cc(Cl)ncc2OC(F)F)c(C(=O)Nc2nnc(O[C@H]3CC[C@@](C)(O)CC3)s2)cn1. The first-order chi connectivity index (χ1) is 16.6. The molecule has 3 heterocycles. The van der Waals surface area contributed by atoms with Gasteiger partial charge in [0.25, 0.3) is 11.1 Å². The molecule has 0 bridgehead atoms. The summed E-state index contributed by atoms with van der Waals surface area (Å²) < 4.78 is 36.3. The Morgan fingerprint density at radius 2 is 1.97 bits per heavy atom. The maximum absolute atomic E-state index is 13.1. The minimum Gasteiger partial charge on any atom is -0.466 e. The number of carbonyl (C=O) groups excluding carboxylic acids is 1. The van der Waals surface area contributed by atoms with Crippen molar-refractivity contribution in [3.8, 4) is 22.1 Å². The quantitative estimate of drug-likeness (QED) is 0.419. The fourth-order valence-electron chi connectivity index (χ4n) is 3.73. The van der Waals surface area contributed by atoms with Gasteiger partial charge in [-0.2, -0.15) is 8.78 Å². The van der Waals surface area contributed by atoms with Gasteiger partial charge in [0.05, 0.1) is 17.4 Å². The van der Waals surface area contributed by atoms with E-state index in [0.717, 1.165) is 17.5 Å². The van der Waals surface area contributed by atoms with E-state index in [1.165, 1.54) is 12.3 Å². The van der Waals surface area contributed by atoms with Gasteiger partial charge in [0.15, 0.2) is 5.75 Å². The number of anilines is 1. The maximum atomic E-state index is 13.1. The molecule has 0 unspecified atom stereocenters. The van der Waals surface area contributed by atoms with Crippen molar-refractivity contribution in [3.05, 3.63) is 40.9 Å². The van der Waals surface area contributed by atoms with Gasteiger partial charge in [0, 0.05) is 23.0 Å². The number of aryl methyl sites for hydroxylation is 1. The Morgan fingerprint density at radius 3 is 2.69 bits per heavy atom. The molecule has 1 saturated carbocycles. The van der Waals surface area contributed by atoms with Crippen molar-refractivity contribution in [2.45, 2.75) is 57.8 Å². The van der Waals surface area contributed by atoms with Crippen LogP contribution >= 0.6 is 22.9 Å². The van der Waals surface area contributed by atoms with Crippen LogP contribution < -0.4 is 14.8 Å². The maximum Gasteiger partial charge on any atom is 0.387 e. The molecule has 4 rings (SSSR count). The molecule has 3 aromatic heterocycles. The highest BCUT2D eigenvalue weighted by molar-refractivity contribution is 7.17. The monoisotopic (exact) mass is 525 g/mol. The molecule has 2 N–H and O–H groups in total. The molecule has 0 spiro atoms. The Labute approximate surface area is 208 Å². The number of carbonyl (C=O) groups is 1. The molecule has 0 atom stereocenters. The summed E-state index contributed by atoms with van der Waals surface area (Å²) in [5.41, 5.74) is 0.398. The van der Waals surface area contributed by atoms with Crippen molar-refractivity contribution >= 4 is 34.0 Å². The lowest BCUT2D eigenvalue weighted by Crippen LogP contribution is -2.34. The molecule has 1 aliphatic carbocycles. The molecule has 0 saturated heterocycles. The molecule has 35 heavy (non-hydrogen) atoms. The van der Waals surface area contributed by atoms with Gasteiger partial charge in [-0.05, 0) is 63.0 Å². The zero-order valence-electron chi connectivity index (χ0n) is 18.8. The number of pyridine rings is 2. The van der Waals surface area contributed by atoms with Crippen molar-refractivity contribution in [1.29, 1.82) is 0 Å². The second-order valence-electron chi connectivity index (χ2n) is 8.39. The second kappa shape index (κ2) is 10.3. The largest absolute Gasteiger partial charge is 0.466 e. The molecule has 0 aliphatic heterocycles. The van der Waals surface area contributed by atoms with Gasteiger partial charge in [-0.1, -0.05) is 16.7 Å². The zero-order chi connectivity index (χ0) is 25.2. The lowest BCUT2D eigenvalue weighted by Gasteiger charge is -2.32. The van der Waals surface area contributed by atoms with E-state index < -0.39 is 18.1 Å². The summed E-state index contributed by atoms with van der Waals surface area (Å²) in [7, 11) is 0.